The van der Waals surface area contributed by atoms with Crippen LogP contribution in [0.25, 0.3) is 0 Å². The van der Waals surface area contributed by atoms with E-state index in [0.29, 0.717) is 13.1 Å². The highest BCUT2D eigenvalue weighted by molar-refractivity contribution is 5.67. The maximum atomic E-state index is 10.4. The molecule has 5 nitrogen and oxygen atoms in total. The van der Waals surface area contributed by atoms with E-state index in [4.69, 9.17) is 10.2 Å². The second-order valence-corrected chi connectivity index (χ2v) is 3.94. The Morgan fingerprint density at radius 1 is 1.31 bits per heavy atom. The van der Waals surface area contributed by atoms with E-state index in [1.54, 1.807) is 0 Å². The number of nitrogens with zero attached hydrogens (tertiary/aromatic N) is 1. The molecule has 1 atom stereocenters. The predicted molar refractivity (Wildman–Crippen MR) is 61.3 cm³/mol. The molecule has 0 amide bonds. The Morgan fingerprint density at radius 3 is 2.25 bits per heavy atom. The zero-order valence-electron chi connectivity index (χ0n) is 10.1. The number of aliphatic carboxylic acids is 1. The topological polar surface area (TPSA) is 81.0 Å². The van der Waals surface area contributed by atoms with Gasteiger partial charge in [0.25, 0.3) is 0 Å². The summed E-state index contributed by atoms with van der Waals surface area (Å²) >= 11 is 0. The van der Waals surface area contributed by atoms with Crippen LogP contribution in [0.2, 0.25) is 0 Å². The van der Waals surface area contributed by atoms with Crippen LogP contribution in [0.15, 0.2) is 0 Å². The van der Waals surface area contributed by atoms with Gasteiger partial charge >= 0.3 is 5.97 Å². The monoisotopic (exact) mass is 233 g/mol. The summed E-state index contributed by atoms with van der Waals surface area (Å²) in [5.41, 5.74) is 0. The normalized spacial score (nSPS) is 13.4. The van der Waals surface area contributed by atoms with Crippen molar-refractivity contribution in [2.24, 2.45) is 0 Å². The van der Waals surface area contributed by atoms with Crippen LogP contribution in [0.1, 0.15) is 33.1 Å². The number of hydrogen-bond donors (Lipinski definition) is 3. The van der Waals surface area contributed by atoms with Gasteiger partial charge in [-0.15, -0.1) is 0 Å². The highest BCUT2D eigenvalue weighted by Crippen LogP contribution is 2.09. The maximum Gasteiger partial charge on any atom is 0.306 e. The molecule has 96 valence electrons. The van der Waals surface area contributed by atoms with Crippen LogP contribution in [0, 0.1) is 0 Å². The summed E-state index contributed by atoms with van der Waals surface area (Å²) in [7, 11) is 0. The van der Waals surface area contributed by atoms with Gasteiger partial charge < -0.3 is 15.3 Å². The summed E-state index contributed by atoms with van der Waals surface area (Å²) in [6.07, 6.45) is 0.735. The molecule has 0 aliphatic heterocycles. The van der Waals surface area contributed by atoms with E-state index in [-0.39, 0.29) is 19.1 Å². The second-order valence-electron chi connectivity index (χ2n) is 3.94. The van der Waals surface area contributed by atoms with Crippen LogP contribution in [0.3, 0.4) is 0 Å². The van der Waals surface area contributed by atoms with Gasteiger partial charge in [0, 0.05) is 19.1 Å². The molecule has 0 aliphatic rings. The summed E-state index contributed by atoms with van der Waals surface area (Å²) in [5, 5.41) is 27.0. The maximum absolute atomic E-state index is 10.4. The molecule has 0 saturated carbocycles. The van der Waals surface area contributed by atoms with Gasteiger partial charge in [-0.3, -0.25) is 9.69 Å². The lowest BCUT2D eigenvalue weighted by atomic mass is 10.1. The van der Waals surface area contributed by atoms with Gasteiger partial charge in [0.2, 0.25) is 0 Å². The second kappa shape index (κ2) is 8.50. The van der Waals surface area contributed by atoms with Crippen molar-refractivity contribution in [3.05, 3.63) is 0 Å². The van der Waals surface area contributed by atoms with Crippen molar-refractivity contribution in [1.29, 1.82) is 0 Å². The number of carboxylic acid groups (broad SMARTS) is 1. The standard InChI is InChI=1S/C11H23NO4/c1-3-9(4-2)12(5-6-13)8-10(14)7-11(15)16/h9-10,13-14H,3-8H2,1-2H3,(H,15,16). The van der Waals surface area contributed by atoms with Crippen molar-refractivity contribution in [2.45, 2.75) is 45.3 Å². The summed E-state index contributed by atoms with van der Waals surface area (Å²) in [4.78, 5) is 12.4. The lowest BCUT2D eigenvalue weighted by Gasteiger charge is -2.31. The first kappa shape index (κ1) is 15.3. The average molecular weight is 233 g/mol. The van der Waals surface area contributed by atoms with Crippen LogP contribution >= 0.6 is 0 Å². The zero-order valence-corrected chi connectivity index (χ0v) is 10.1. The van der Waals surface area contributed by atoms with Gasteiger partial charge in [0.05, 0.1) is 19.1 Å². The van der Waals surface area contributed by atoms with E-state index >= 15 is 0 Å². The average Bonchev–Trinajstić information content (AvgIpc) is 2.18. The fraction of sp³-hybridized carbons (Fsp3) is 0.909. The molecule has 0 heterocycles. The third kappa shape index (κ3) is 6.05. The van der Waals surface area contributed by atoms with Gasteiger partial charge in [-0.05, 0) is 12.8 Å². The predicted octanol–water partition coefficient (Wildman–Crippen LogP) is 0.305. The molecule has 3 N–H and O–H groups in total. The van der Waals surface area contributed by atoms with Crippen molar-refractivity contribution < 1.29 is 20.1 Å². The highest BCUT2D eigenvalue weighted by atomic mass is 16.4. The summed E-state index contributed by atoms with van der Waals surface area (Å²) in [5.74, 6) is -0.999. The fourth-order valence-electron chi connectivity index (χ4n) is 1.89. The Bertz CT molecular complexity index is 194. The summed E-state index contributed by atoms with van der Waals surface area (Å²) in [6.45, 7) is 4.89. The third-order valence-electron chi connectivity index (χ3n) is 2.70. The van der Waals surface area contributed by atoms with Crippen LogP contribution in [0.5, 0.6) is 0 Å². The molecular formula is C11H23NO4. The molecule has 0 aliphatic carbocycles. The van der Waals surface area contributed by atoms with Crippen LogP contribution in [0.4, 0.5) is 0 Å². The molecule has 5 heteroatoms. The first-order valence-electron chi connectivity index (χ1n) is 5.79. The highest BCUT2D eigenvalue weighted by Gasteiger charge is 2.19. The summed E-state index contributed by atoms with van der Waals surface area (Å²) in [6, 6.07) is 0.288. The minimum absolute atomic E-state index is 0.0241. The number of rotatable bonds is 9. The van der Waals surface area contributed by atoms with E-state index in [2.05, 4.69) is 0 Å². The Morgan fingerprint density at radius 2 is 1.88 bits per heavy atom. The number of aliphatic hydroxyl groups excluding tert-OH is 2. The van der Waals surface area contributed by atoms with Gasteiger partial charge in [-0.2, -0.15) is 0 Å². The van der Waals surface area contributed by atoms with E-state index < -0.39 is 12.1 Å². The van der Waals surface area contributed by atoms with E-state index in [0.717, 1.165) is 12.8 Å². The molecule has 0 radical (unpaired) electrons. The van der Waals surface area contributed by atoms with Gasteiger partial charge in [0.15, 0.2) is 0 Å². The van der Waals surface area contributed by atoms with E-state index in [1.807, 2.05) is 18.7 Å². The van der Waals surface area contributed by atoms with Crippen LogP contribution < -0.4 is 0 Å². The van der Waals surface area contributed by atoms with Gasteiger partial charge in [0.1, 0.15) is 0 Å². The first-order chi connectivity index (χ1) is 7.54. The molecule has 0 aromatic rings. The molecular weight excluding hydrogens is 210 g/mol. The molecule has 0 aromatic carbocycles. The van der Waals surface area contributed by atoms with E-state index in [9.17, 15) is 9.90 Å². The molecule has 0 fully saturated rings. The van der Waals surface area contributed by atoms with Crippen molar-refractivity contribution in [1.82, 2.24) is 4.90 Å². The van der Waals surface area contributed by atoms with E-state index in [1.165, 1.54) is 0 Å². The zero-order chi connectivity index (χ0) is 12.6. The molecule has 0 spiro atoms. The van der Waals surface area contributed by atoms with Crippen molar-refractivity contribution >= 4 is 5.97 Å². The fourth-order valence-corrected chi connectivity index (χ4v) is 1.89. The lowest BCUT2D eigenvalue weighted by molar-refractivity contribution is -0.139. The van der Waals surface area contributed by atoms with Crippen molar-refractivity contribution in [3.63, 3.8) is 0 Å². The van der Waals surface area contributed by atoms with Crippen LogP contribution in [-0.2, 0) is 4.79 Å². The largest absolute Gasteiger partial charge is 0.481 e. The molecule has 16 heavy (non-hydrogen) atoms. The summed E-state index contributed by atoms with van der Waals surface area (Å²) < 4.78 is 0. The Kier molecular flexibility index (Phi) is 8.15. The SMILES string of the molecule is CCC(CC)N(CCO)CC(O)CC(=O)O. The molecule has 0 rings (SSSR count). The van der Waals surface area contributed by atoms with Gasteiger partial charge in [-0.25, -0.2) is 0 Å². The molecule has 0 saturated heterocycles. The molecule has 1 unspecified atom stereocenters. The quantitative estimate of drug-likeness (QED) is 0.534. The number of aliphatic hydroxyl groups is 2. The lowest BCUT2D eigenvalue weighted by Crippen LogP contribution is -2.42. The minimum atomic E-state index is -0.999. The third-order valence-corrected chi connectivity index (χ3v) is 2.70. The van der Waals surface area contributed by atoms with Crippen LogP contribution in [-0.4, -0.2) is 58.0 Å². The molecule has 0 aromatic heterocycles. The first-order valence-corrected chi connectivity index (χ1v) is 5.79. The Balaban J connectivity index is 4.24. The smallest absolute Gasteiger partial charge is 0.306 e. The minimum Gasteiger partial charge on any atom is -0.481 e. The van der Waals surface area contributed by atoms with Crippen molar-refractivity contribution in [2.75, 3.05) is 19.7 Å². The van der Waals surface area contributed by atoms with Crippen molar-refractivity contribution in [3.8, 4) is 0 Å². The Labute approximate surface area is 96.7 Å². The number of carboxylic acids is 1. The van der Waals surface area contributed by atoms with Gasteiger partial charge in [-0.1, -0.05) is 13.8 Å². The molecule has 0 bridgehead atoms. The Hall–Kier alpha value is -0.650. The number of carbonyl (C=O) groups is 1. The number of hydrogen-bond acceptors (Lipinski definition) is 4.